The van der Waals surface area contributed by atoms with Crippen molar-refractivity contribution in [2.24, 2.45) is 5.92 Å². The second kappa shape index (κ2) is 6.10. The van der Waals surface area contributed by atoms with Crippen molar-refractivity contribution in [1.82, 2.24) is 19.9 Å². The van der Waals surface area contributed by atoms with Gasteiger partial charge in [0.1, 0.15) is 0 Å². The Morgan fingerprint density at radius 1 is 1.28 bits per heavy atom. The van der Waals surface area contributed by atoms with Crippen molar-refractivity contribution < 1.29 is 18.8 Å². The highest BCUT2D eigenvalue weighted by Crippen LogP contribution is 2.36. The molecule has 0 saturated carbocycles. The molecular weight excluding hydrogens is 324 g/mol. The average Bonchev–Trinajstić information content (AvgIpc) is 3.12. The number of hydrogen-bond donors (Lipinski definition) is 0. The largest absolute Gasteiger partial charge is 0.378 e. The number of ether oxygens (including phenoxy) is 1. The van der Waals surface area contributed by atoms with Crippen LogP contribution >= 0.6 is 0 Å². The van der Waals surface area contributed by atoms with Crippen molar-refractivity contribution in [3.8, 4) is 0 Å². The number of nitrogens with zero attached hydrogens (tertiary/aromatic N) is 4. The van der Waals surface area contributed by atoms with Crippen molar-refractivity contribution >= 4 is 11.8 Å². The lowest BCUT2D eigenvalue weighted by Gasteiger charge is -2.63. The summed E-state index contributed by atoms with van der Waals surface area (Å²) in [4.78, 5) is 31.2. The normalized spacial score (nSPS) is 25.8. The maximum atomic E-state index is 12.6. The fraction of sp³-hybridized carbons (Fsp3) is 0.706. The van der Waals surface area contributed by atoms with E-state index in [-0.39, 0.29) is 35.1 Å². The first-order valence-electron chi connectivity index (χ1n) is 8.83. The number of likely N-dealkylation sites (tertiary alicyclic amines) is 1. The predicted molar refractivity (Wildman–Crippen MR) is 87.9 cm³/mol. The first-order valence-corrected chi connectivity index (χ1v) is 8.83. The van der Waals surface area contributed by atoms with E-state index in [0.29, 0.717) is 39.4 Å². The van der Waals surface area contributed by atoms with E-state index >= 15 is 0 Å². The second-order valence-electron chi connectivity index (χ2n) is 7.56. The quantitative estimate of drug-likeness (QED) is 0.752. The first-order chi connectivity index (χ1) is 12.0. The Bertz CT molecular complexity index is 654. The minimum Gasteiger partial charge on any atom is -0.378 e. The van der Waals surface area contributed by atoms with Crippen LogP contribution in [0.15, 0.2) is 16.8 Å². The fourth-order valence-corrected chi connectivity index (χ4v) is 4.30. The highest BCUT2D eigenvalue weighted by molar-refractivity contribution is 5.92. The Balaban J connectivity index is 1.52. The summed E-state index contributed by atoms with van der Waals surface area (Å²) in [6, 6.07) is 1.79. The van der Waals surface area contributed by atoms with Crippen molar-refractivity contribution in [3.63, 3.8) is 0 Å². The number of carbonyl (C=O) groups is 2. The third-order valence-corrected chi connectivity index (χ3v) is 5.46. The van der Waals surface area contributed by atoms with Crippen molar-refractivity contribution in [1.29, 1.82) is 0 Å². The van der Waals surface area contributed by atoms with E-state index < -0.39 is 0 Å². The lowest BCUT2D eigenvalue weighted by Crippen LogP contribution is -2.81. The monoisotopic (exact) mass is 348 g/mol. The van der Waals surface area contributed by atoms with Crippen LogP contribution in [0.3, 0.4) is 0 Å². The van der Waals surface area contributed by atoms with E-state index in [2.05, 4.69) is 10.1 Å². The van der Waals surface area contributed by atoms with Gasteiger partial charge in [-0.15, -0.1) is 0 Å². The van der Waals surface area contributed by atoms with E-state index in [1.54, 1.807) is 11.0 Å². The molecule has 3 fully saturated rings. The molecule has 0 aromatic carbocycles. The lowest BCUT2D eigenvalue weighted by atomic mass is 9.82. The summed E-state index contributed by atoms with van der Waals surface area (Å²) in [5, 5.41) is 3.61. The van der Waals surface area contributed by atoms with Crippen LogP contribution in [0, 0.1) is 5.92 Å². The Morgan fingerprint density at radius 2 is 2.04 bits per heavy atom. The number of amides is 2. The third-order valence-electron chi connectivity index (χ3n) is 5.46. The van der Waals surface area contributed by atoms with Gasteiger partial charge in [-0.25, -0.2) is 0 Å². The summed E-state index contributed by atoms with van der Waals surface area (Å²) in [6.07, 6.45) is 1.48. The van der Waals surface area contributed by atoms with Gasteiger partial charge in [-0.05, 0) is 0 Å². The standard InChI is InChI=1S/C17H24N4O4/c1-12(2)15(22)19-7-13-8-24-6-5-21(13)17(9-19)10-20(11-17)16(23)14-3-4-18-25-14/h3-4,12-13H,5-11H2,1-2H3. The molecule has 136 valence electrons. The molecule has 1 aromatic rings. The van der Waals surface area contributed by atoms with E-state index in [1.165, 1.54) is 6.20 Å². The van der Waals surface area contributed by atoms with Gasteiger partial charge in [-0.2, -0.15) is 0 Å². The van der Waals surface area contributed by atoms with Gasteiger partial charge in [0.15, 0.2) is 0 Å². The second-order valence-corrected chi connectivity index (χ2v) is 7.56. The van der Waals surface area contributed by atoms with E-state index in [0.717, 1.165) is 6.54 Å². The molecule has 8 heteroatoms. The Kier molecular flexibility index (Phi) is 4.04. The number of carbonyl (C=O) groups excluding carboxylic acids is 2. The molecule has 0 radical (unpaired) electrons. The van der Waals surface area contributed by atoms with Gasteiger partial charge in [0.05, 0.1) is 31.0 Å². The van der Waals surface area contributed by atoms with Gasteiger partial charge >= 0.3 is 0 Å². The number of hydrogen-bond acceptors (Lipinski definition) is 6. The third kappa shape index (κ3) is 2.73. The average molecular weight is 348 g/mol. The SMILES string of the molecule is CC(C)C(=O)N1CC2COCCN2C2(CN(C(=O)c3ccno3)C2)C1. The van der Waals surface area contributed by atoms with Gasteiger partial charge in [-0.3, -0.25) is 14.5 Å². The number of rotatable bonds is 2. The van der Waals surface area contributed by atoms with Crippen LogP contribution in [-0.2, 0) is 9.53 Å². The number of piperazine rings is 1. The zero-order valence-electron chi connectivity index (χ0n) is 14.7. The molecule has 3 aliphatic heterocycles. The molecule has 1 aromatic heterocycles. The highest BCUT2D eigenvalue weighted by Gasteiger charge is 2.56. The molecule has 4 rings (SSSR count). The van der Waals surface area contributed by atoms with Gasteiger partial charge in [0.2, 0.25) is 11.7 Å². The molecule has 1 unspecified atom stereocenters. The van der Waals surface area contributed by atoms with Crippen LogP contribution in [0.25, 0.3) is 0 Å². The molecule has 25 heavy (non-hydrogen) atoms. The van der Waals surface area contributed by atoms with Crippen molar-refractivity contribution in [3.05, 3.63) is 18.0 Å². The van der Waals surface area contributed by atoms with Crippen LogP contribution in [0.2, 0.25) is 0 Å². The zero-order valence-corrected chi connectivity index (χ0v) is 14.7. The minimum atomic E-state index is -0.174. The van der Waals surface area contributed by atoms with Gasteiger partial charge in [0, 0.05) is 44.7 Å². The van der Waals surface area contributed by atoms with Crippen LogP contribution in [-0.4, -0.2) is 89.2 Å². The topological polar surface area (TPSA) is 79.1 Å². The first kappa shape index (κ1) is 16.5. The van der Waals surface area contributed by atoms with E-state index in [4.69, 9.17) is 9.26 Å². The fourth-order valence-electron chi connectivity index (χ4n) is 4.30. The van der Waals surface area contributed by atoms with Crippen LogP contribution in [0.4, 0.5) is 0 Å². The van der Waals surface area contributed by atoms with Crippen LogP contribution in [0.5, 0.6) is 0 Å². The molecule has 0 aliphatic carbocycles. The molecule has 3 saturated heterocycles. The molecule has 8 nitrogen and oxygen atoms in total. The smallest absolute Gasteiger partial charge is 0.292 e. The Labute approximate surface area is 146 Å². The summed E-state index contributed by atoms with van der Waals surface area (Å²) in [5.41, 5.74) is -0.174. The molecule has 1 spiro atoms. The summed E-state index contributed by atoms with van der Waals surface area (Å²) in [5.74, 6) is 0.268. The molecule has 3 aliphatic rings. The zero-order chi connectivity index (χ0) is 17.6. The Morgan fingerprint density at radius 3 is 2.72 bits per heavy atom. The molecular formula is C17H24N4O4. The minimum absolute atomic E-state index is 0.0277. The molecule has 2 amide bonds. The molecule has 0 bridgehead atoms. The molecule has 4 heterocycles. The summed E-state index contributed by atoms with van der Waals surface area (Å²) in [7, 11) is 0. The molecule has 1 atom stereocenters. The van der Waals surface area contributed by atoms with Crippen LogP contribution < -0.4 is 0 Å². The molecule has 0 N–H and O–H groups in total. The van der Waals surface area contributed by atoms with Crippen molar-refractivity contribution in [2.75, 3.05) is 45.9 Å². The van der Waals surface area contributed by atoms with Gasteiger partial charge in [-0.1, -0.05) is 19.0 Å². The number of fused-ring (bicyclic) bond motifs is 2. The van der Waals surface area contributed by atoms with Crippen molar-refractivity contribution in [2.45, 2.75) is 25.4 Å². The number of aromatic nitrogens is 1. The Hall–Kier alpha value is -1.93. The summed E-state index contributed by atoms with van der Waals surface area (Å²) < 4.78 is 10.6. The van der Waals surface area contributed by atoms with E-state index in [9.17, 15) is 9.59 Å². The predicted octanol–water partition coefficient (Wildman–Crippen LogP) is 0.0682. The highest BCUT2D eigenvalue weighted by atomic mass is 16.5. The van der Waals surface area contributed by atoms with E-state index in [1.807, 2.05) is 18.7 Å². The maximum Gasteiger partial charge on any atom is 0.292 e. The maximum absolute atomic E-state index is 12.6. The summed E-state index contributed by atoms with van der Waals surface area (Å²) >= 11 is 0. The van der Waals surface area contributed by atoms with Gasteiger partial charge < -0.3 is 19.1 Å². The lowest BCUT2D eigenvalue weighted by molar-refractivity contribution is -0.170. The summed E-state index contributed by atoms with van der Waals surface area (Å²) in [6.45, 7) is 8.62. The number of morpholine rings is 1. The van der Waals surface area contributed by atoms with Crippen LogP contribution in [0.1, 0.15) is 24.4 Å². The van der Waals surface area contributed by atoms with Gasteiger partial charge in [0.25, 0.3) is 5.91 Å².